The zero-order valence-corrected chi connectivity index (χ0v) is 15.5. The number of para-hydroxylation sites is 1. The van der Waals surface area contributed by atoms with Gasteiger partial charge in [-0.1, -0.05) is 23.4 Å². The Labute approximate surface area is 151 Å². The van der Waals surface area contributed by atoms with Crippen LogP contribution < -0.4 is 10.1 Å². The average molecular weight is 380 g/mol. The number of nitrogens with one attached hydrogen (secondary N) is 1. The highest BCUT2D eigenvalue weighted by atomic mass is 32.2. The quantitative estimate of drug-likeness (QED) is 0.863. The lowest BCUT2D eigenvalue weighted by molar-refractivity contribution is 0.0833. The number of fused-ring (bicyclic) bond motifs is 1. The lowest BCUT2D eigenvalue weighted by Gasteiger charge is -2.29. The fourth-order valence-electron chi connectivity index (χ4n) is 2.70. The molecule has 0 aliphatic carbocycles. The Morgan fingerprint density at radius 3 is 2.81 bits per heavy atom. The minimum absolute atomic E-state index is 0.00678. The van der Waals surface area contributed by atoms with E-state index in [9.17, 15) is 13.2 Å². The van der Waals surface area contributed by atoms with Gasteiger partial charge in [0.1, 0.15) is 17.1 Å². The van der Waals surface area contributed by atoms with E-state index >= 15 is 0 Å². The molecule has 2 amide bonds. The predicted molar refractivity (Wildman–Crippen MR) is 93.4 cm³/mol. The highest BCUT2D eigenvalue weighted by Gasteiger charge is 2.32. The van der Waals surface area contributed by atoms with Crippen LogP contribution in [0.5, 0.6) is 5.75 Å². The number of carbonyl (C=O) groups excluding carboxylic acids is 1. The minimum Gasteiger partial charge on any atom is -0.486 e. The molecule has 0 unspecified atom stereocenters. The first kappa shape index (κ1) is 18.2. The van der Waals surface area contributed by atoms with Crippen LogP contribution in [0, 0.1) is 0 Å². The van der Waals surface area contributed by atoms with Gasteiger partial charge < -0.3 is 14.2 Å². The van der Waals surface area contributed by atoms with E-state index in [1.54, 1.807) is 4.90 Å². The van der Waals surface area contributed by atoms with Gasteiger partial charge in [0.05, 0.1) is 13.1 Å². The Morgan fingerprint density at radius 2 is 2.08 bits per heavy atom. The Kier molecular flexibility index (Phi) is 4.61. The largest absolute Gasteiger partial charge is 0.486 e. The third-order valence-corrected chi connectivity index (χ3v) is 4.43. The highest BCUT2D eigenvalue weighted by Crippen LogP contribution is 2.29. The monoisotopic (exact) mass is 380 g/mol. The van der Waals surface area contributed by atoms with Gasteiger partial charge in [-0.05, 0) is 19.9 Å². The first-order valence-electron chi connectivity index (χ1n) is 7.94. The van der Waals surface area contributed by atoms with Crippen molar-refractivity contribution in [2.45, 2.75) is 31.7 Å². The summed E-state index contributed by atoms with van der Waals surface area (Å²) in [7, 11) is -3.29. The molecule has 1 N–H and O–H groups in total. The van der Waals surface area contributed by atoms with Crippen LogP contribution in [0.2, 0.25) is 0 Å². The first-order chi connectivity index (χ1) is 12.1. The number of anilines is 1. The molecule has 26 heavy (non-hydrogen) atoms. The molecule has 0 saturated heterocycles. The average Bonchev–Trinajstić information content (AvgIpc) is 2.86. The van der Waals surface area contributed by atoms with Crippen LogP contribution in [0.3, 0.4) is 0 Å². The van der Waals surface area contributed by atoms with Crippen LogP contribution in [0.1, 0.15) is 25.2 Å². The molecule has 1 aliphatic heterocycles. The second kappa shape index (κ2) is 6.60. The summed E-state index contributed by atoms with van der Waals surface area (Å²) in [6.45, 7) is 4.49. The van der Waals surface area contributed by atoms with E-state index in [1.165, 1.54) is 0 Å². The van der Waals surface area contributed by atoms with Gasteiger partial charge in [-0.15, -0.1) is 0 Å². The number of rotatable bonds is 3. The Hall–Kier alpha value is -2.62. The zero-order valence-electron chi connectivity index (χ0n) is 14.7. The minimum atomic E-state index is -3.29. The summed E-state index contributed by atoms with van der Waals surface area (Å²) >= 11 is 0. The zero-order chi connectivity index (χ0) is 18.9. The SMILES string of the molecule is CC1(C)CN(C(=O)Nc2nc(CS(C)(=O)=O)no2)Cc2ccccc2O1. The second-order valence-corrected chi connectivity index (χ2v) is 8.98. The van der Waals surface area contributed by atoms with Crippen molar-refractivity contribution >= 4 is 21.9 Å². The Morgan fingerprint density at radius 1 is 1.35 bits per heavy atom. The maximum atomic E-state index is 12.6. The molecule has 0 fully saturated rings. The number of aromatic nitrogens is 2. The maximum absolute atomic E-state index is 12.6. The molecule has 2 aromatic rings. The summed E-state index contributed by atoms with van der Waals surface area (Å²) in [6, 6.07) is 6.94. The fourth-order valence-corrected chi connectivity index (χ4v) is 3.28. The van der Waals surface area contributed by atoms with Crippen LogP contribution >= 0.6 is 0 Å². The third-order valence-electron chi connectivity index (χ3n) is 3.65. The number of sulfone groups is 1. The molecular formula is C16H20N4O5S. The molecule has 1 aliphatic rings. The Bertz CT molecular complexity index is 922. The molecular weight excluding hydrogens is 360 g/mol. The van der Waals surface area contributed by atoms with Gasteiger partial charge in [0.2, 0.25) is 0 Å². The van der Waals surface area contributed by atoms with Crippen molar-refractivity contribution in [1.82, 2.24) is 15.0 Å². The fraction of sp³-hybridized carbons (Fsp3) is 0.438. The number of amides is 2. The van der Waals surface area contributed by atoms with Crippen molar-refractivity contribution in [3.8, 4) is 5.75 Å². The molecule has 0 spiro atoms. The molecule has 1 aromatic heterocycles. The molecule has 140 valence electrons. The van der Waals surface area contributed by atoms with Gasteiger partial charge >= 0.3 is 12.0 Å². The number of hydrogen-bond donors (Lipinski definition) is 1. The lowest BCUT2D eigenvalue weighted by atomic mass is 10.1. The van der Waals surface area contributed by atoms with Crippen molar-refractivity contribution in [2.75, 3.05) is 18.1 Å². The number of carbonyl (C=O) groups is 1. The van der Waals surface area contributed by atoms with E-state index in [0.29, 0.717) is 13.1 Å². The van der Waals surface area contributed by atoms with Crippen molar-refractivity contribution in [2.24, 2.45) is 0 Å². The molecule has 3 rings (SSSR count). The number of ether oxygens (including phenoxy) is 1. The van der Waals surface area contributed by atoms with Crippen molar-refractivity contribution in [3.05, 3.63) is 35.7 Å². The normalized spacial score (nSPS) is 16.3. The molecule has 0 saturated carbocycles. The van der Waals surface area contributed by atoms with Crippen LogP contribution in [0.25, 0.3) is 0 Å². The van der Waals surface area contributed by atoms with Gasteiger partial charge in [0.25, 0.3) is 0 Å². The Balaban J connectivity index is 1.75. The van der Waals surface area contributed by atoms with Crippen molar-refractivity contribution in [1.29, 1.82) is 0 Å². The highest BCUT2D eigenvalue weighted by molar-refractivity contribution is 7.89. The lowest BCUT2D eigenvalue weighted by Crippen LogP contribution is -2.44. The number of nitrogens with zero attached hydrogens (tertiary/aromatic N) is 3. The van der Waals surface area contributed by atoms with E-state index < -0.39 is 21.5 Å². The number of urea groups is 1. The molecule has 1 aromatic carbocycles. The third kappa shape index (κ3) is 4.51. The van der Waals surface area contributed by atoms with Crippen LogP contribution in [-0.4, -0.2) is 47.9 Å². The van der Waals surface area contributed by atoms with Gasteiger partial charge in [-0.2, -0.15) is 4.98 Å². The summed E-state index contributed by atoms with van der Waals surface area (Å²) < 4.78 is 33.5. The van der Waals surface area contributed by atoms with Gasteiger partial charge in [0.15, 0.2) is 15.7 Å². The standard InChI is InChI=1S/C16H20N4O5S/c1-16(2)10-20(8-11-6-4-5-7-12(11)24-16)15(21)18-14-17-13(19-25-14)9-26(3,22)23/h4-7H,8-10H2,1-3H3,(H,17,18,19,21). The number of benzene rings is 1. The molecule has 0 atom stereocenters. The molecule has 0 bridgehead atoms. The maximum Gasteiger partial charge on any atom is 0.329 e. The van der Waals surface area contributed by atoms with E-state index in [0.717, 1.165) is 17.6 Å². The van der Waals surface area contributed by atoms with Gasteiger partial charge in [-0.25, -0.2) is 13.2 Å². The summed E-state index contributed by atoms with van der Waals surface area (Å²) in [4.78, 5) is 18.1. The molecule has 2 heterocycles. The summed E-state index contributed by atoms with van der Waals surface area (Å²) in [6.07, 6.45) is 1.07. The van der Waals surface area contributed by atoms with Crippen LogP contribution in [0.4, 0.5) is 10.8 Å². The van der Waals surface area contributed by atoms with E-state index in [1.807, 2.05) is 38.1 Å². The predicted octanol–water partition coefficient (Wildman–Crippen LogP) is 1.82. The molecule has 0 radical (unpaired) electrons. The van der Waals surface area contributed by atoms with E-state index in [2.05, 4.69) is 15.5 Å². The van der Waals surface area contributed by atoms with Crippen LogP contribution in [0.15, 0.2) is 28.8 Å². The van der Waals surface area contributed by atoms with Gasteiger partial charge in [-0.3, -0.25) is 5.32 Å². The first-order valence-corrected chi connectivity index (χ1v) is 10.0. The topological polar surface area (TPSA) is 115 Å². The van der Waals surface area contributed by atoms with Crippen LogP contribution in [-0.2, 0) is 22.1 Å². The summed E-state index contributed by atoms with van der Waals surface area (Å²) in [5.74, 6) is 0.373. The number of hydrogen-bond acceptors (Lipinski definition) is 7. The van der Waals surface area contributed by atoms with Crippen molar-refractivity contribution in [3.63, 3.8) is 0 Å². The second-order valence-electron chi connectivity index (χ2n) is 6.84. The summed E-state index contributed by atoms with van der Waals surface area (Å²) in [5, 5.41) is 6.07. The van der Waals surface area contributed by atoms with Crippen molar-refractivity contribution < 1.29 is 22.5 Å². The molecule has 9 nitrogen and oxygen atoms in total. The van der Waals surface area contributed by atoms with E-state index in [-0.39, 0.29) is 17.6 Å². The van der Waals surface area contributed by atoms with E-state index in [4.69, 9.17) is 9.26 Å². The molecule has 10 heteroatoms. The van der Waals surface area contributed by atoms with Gasteiger partial charge in [0, 0.05) is 11.8 Å². The smallest absolute Gasteiger partial charge is 0.329 e. The summed E-state index contributed by atoms with van der Waals surface area (Å²) in [5.41, 5.74) is 0.303.